The van der Waals surface area contributed by atoms with Crippen molar-refractivity contribution in [3.8, 4) is 5.75 Å². The maximum atomic E-state index is 12.7. The number of nitrogens with zero attached hydrogens (tertiary/aromatic N) is 2. The van der Waals surface area contributed by atoms with Gasteiger partial charge in [0.15, 0.2) is 6.61 Å². The van der Waals surface area contributed by atoms with Gasteiger partial charge in [0.2, 0.25) is 5.91 Å². The second kappa shape index (κ2) is 6.51. The van der Waals surface area contributed by atoms with Gasteiger partial charge in [0.05, 0.1) is 11.6 Å². The van der Waals surface area contributed by atoms with E-state index in [2.05, 4.69) is 0 Å². The van der Waals surface area contributed by atoms with E-state index in [4.69, 9.17) is 9.84 Å². The number of para-hydroxylation sites is 2. The van der Waals surface area contributed by atoms with Gasteiger partial charge in [-0.25, -0.2) is 0 Å². The Balaban J connectivity index is 1.75. The maximum Gasteiger partial charge on any atom is 0.308 e. The number of carboxylic acid groups (broad SMARTS) is 1. The number of aliphatic carboxylic acids is 1. The molecule has 2 amide bonds. The summed E-state index contributed by atoms with van der Waals surface area (Å²) in [7, 11) is 0. The van der Waals surface area contributed by atoms with E-state index in [1.165, 1.54) is 4.90 Å². The molecule has 1 atom stereocenters. The Morgan fingerprint density at radius 3 is 2.75 bits per heavy atom. The molecule has 0 saturated heterocycles. The monoisotopic (exact) mass is 332 g/mol. The maximum absolute atomic E-state index is 12.7. The Bertz CT molecular complexity index is 671. The molecule has 0 bridgehead atoms. The molecule has 1 unspecified atom stereocenters. The highest BCUT2D eigenvalue weighted by Gasteiger charge is 2.36. The fourth-order valence-electron chi connectivity index (χ4n) is 2.77. The number of rotatable bonds is 6. The van der Waals surface area contributed by atoms with Crippen LogP contribution < -0.4 is 9.64 Å². The first-order chi connectivity index (χ1) is 11.5. The minimum Gasteiger partial charge on any atom is -0.482 e. The lowest BCUT2D eigenvalue weighted by molar-refractivity contribution is -0.143. The van der Waals surface area contributed by atoms with Crippen LogP contribution >= 0.6 is 0 Å². The van der Waals surface area contributed by atoms with Crippen LogP contribution in [0.2, 0.25) is 0 Å². The van der Waals surface area contributed by atoms with Crippen molar-refractivity contribution in [3.05, 3.63) is 24.3 Å². The Morgan fingerprint density at radius 2 is 2.08 bits per heavy atom. The molecule has 7 nitrogen and oxygen atoms in total. The Labute approximate surface area is 139 Å². The average molecular weight is 332 g/mol. The van der Waals surface area contributed by atoms with Gasteiger partial charge in [0, 0.05) is 12.6 Å². The van der Waals surface area contributed by atoms with Crippen LogP contribution in [0.25, 0.3) is 0 Å². The normalized spacial score (nSPS) is 17.7. The fourth-order valence-corrected chi connectivity index (χ4v) is 2.77. The third-order valence-electron chi connectivity index (χ3n) is 4.30. The van der Waals surface area contributed by atoms with Crippen LogP contribution in [-0.4, -0.2) is 53.5 Å². The topological polar surface area (TPSA) is 87.2 Å². The number of ether oxygens (including phenoxy) is 1. The molecule has 1 aromatic carbocycles. The van der Waals surface area contributed by atoms with Gasteiger partial charge in [-0.05, 0) is 25.0 Å². The van der Waals surface area contributed by atoms with Crippen molar-refractivity contribution >= 4 is 23.5 Å². The molecular formula is C17H20N2O5. The second-order valence-electron chi connectivity index (χ2n) is 6.25. The summed E-state index contributed by atoms with van der Waals surface area (Å²) < 4.78 is 5.37. The molecule has 3 rings (SSSR count). The van der Waals surface area contributed by atoms with Crippen molar-refractivity contribution in [3.63, 3.8) is 0 Å². The highest BCUT2D eigenvalue weighted by atomic mass is 16.5. The van der Waals surface area contributed by atoms with Gasteiger partial charge in [0.1, 0.15) is 12.3 Å². The summed E-state index contributed by atoms with van der Waals surface area (Å²) in [6.07, 6.45) is 1.76. The van der Waals surface area contributed by atoms with Gasteiger partial charge < -0.3 is 14.7 Å². The molecule has 0 aromatic heterocycles. The van der Waals surface area contributed by atoms with Crippen LogP contribution in [0, 0.1) is 5.92 Å². The molecule has 1 aliphatic heterocycles. The standard InChI is InChI=1S/C17H20N2O5/c1-11(17(22)23)8-18(12-6-7-12)15(20)9-19-13-4-2-3-5-14(13)24-10-16(19)21/h2-5,11-12H,6-10H2,1H3,(H,22,23). The number of benzene rings is 1. The van der Waals surface area contributed by atoms with E-state index in [1.54, 1.807) is 36.1 Å². The molecule has 0 radical (unpaired) electrons. The van der Waals surface area contributed by atoms with Crippen LogP contribution in [0.3, 0.4) is 0 Å². The zero-order valence-corrected chi connectivity index (χ0v) is 13.5. The highest BCUT2D eigenvalue weighted by molar-refractivity contribution is 6.02. The van der Waals surface area contributed by atoms with Crippen molar-refractivity contribution in [1.29, 1.82) is 0 Å². The lowest BCUT2D eigenvalue weighted by Gasteiger charge is -2.31. The third-order valence-corrected chi connectivity index (χ3v) is 4.30. The lowest BCUT2D eigenvalue weighted by Crippen LogP contribution is -2.48. The molecule has 1 N–H and O–H groups in total. The van der Waals surface area contributed by atoms with Crippen LogP contribution in [0.4, 0.5) is 5.69 Å². The minimum absolute atomic E-state index is 0.0886. The van der Waals surface area contributed by atoms with E-state index in [0.29, 0.717) is 11.4 Å². The van der Waals surface area contributed by atoms with Gasteiger partial charge in [-0.1, -0.05) is 19.1 Å². The average Bonchev–Trinajstić information content (AvgIpc) is 3.39. The number of carbonyl (C=O) groups is 3. The van der Waals surface area contributed by atoms with Gasteiger partial charge >= 0.3 is 5.97 Å². The smallest absolute Gasteiger partial charge is 0.308 e. The third kappa shape index (κ3) is 3.34. The number of amides is 2. The number of fused-ring (bicyclic) bond motifs is 1. The predicted molar refractivity (Wildman–Crippen MR) is 85.8 cm³/mol. The summed E-state index contributed by atoms with van der Waals surface area (Å²) >= 11 is 0. The van der Waals surface area contributed by atoms with Gasteiger partial charge in [-0.2, -0.15) is 0 Å². The SMILES string of the molecule is CC(CN(C(=O)CN1C(=O)COc2ccccc21)C1CC1)C(=O)O. The van der Waals surface area contributed by atoms with Crippen molar-refractivity contribution in [1.82, 2.24) is 4.90 Å². The number of hydrogen-bond acceptors (Lipinski definition) is 4. The molecule has 1 fully saturated rings. The molecule has 0 spiro atoms. The van der Waals surface area contributed by atoms with Crippen molar-refractivity contribution in [2.24, 2.45) is 5.92 Å². The first kappa shape index (κ1) is 16.3. The molecule has 24 heavy (non-hydrogen) atoms. The van der Waals surface area contributed by atoms with E-state index in [9.17, 15) is 14.4 Å². The first-order valence-corrected chi connectivity index (χ1v) is 8.02. The van der Waals surface area contributed by atoms with E-state index >= 15 is 0 Å². The van der Waals surface area contributed by atoms with Crippen LogP contribution in [0.15, 0.2) is 24.3 Å². The van der Waals surface area contributed by atoms with E-state index in [0.717, 1.165) is 12.8 Å². The zero-order valence-electron chi connectivity index (χ0n) is 13.5. The zero-order chi connectivity index (χ0) is 17.3. The minimum atomic E-state index is -0.929. The lowest BCUT2D eigenvalue weighted by atomic mass is 10.1. The highest BCUT2D eigenvalue weighted by Crippen LogP contribution is 2.32. The quantitative estimate of drug-likeness (QED) is 0.843. The van der Waals surface area contributed by atoms with Crippen LogP contribution in [0.1, 0.15) is 19.8 Å². The van der Waals surface area contributed by atoms with Crippen LogP contribution in [-0.2, 0) is 14.4 Å². The summed E-state index contributed by atoms with van der Waals surface area (Å²) in [5.41, 5.74) is 0.573. The Morgan fingerprint density at radius 1 is 1.38 bits per heavy atom. The first-order valence-electron chi connectivity index (χ1n) is 8.02. The van der Waals surface area contributed by atoms with Gasteiger partial charge in [-0.3, -0.25) is 19.3 Å². The van der Waals surface area contributed by atoms with Gasteiger partial charge in [0.25, 0.3) is 5.91 Å². The molecule has 2 aliphatic rings. The van der Waals surface area contributed by atoms with Crippen molar-refractivity contribution in [2.45, 2.75) is 25.8 Å². The summed E-state index contributed by atoms with van der Waals surface area (Å²) in [5.74, 6) is -1.50. The van der Waals surface area contributed by atoms with Crippen molar-refractivity contribution in [2.75, 3.05) is 24.6 Å². The fraction of sp³-hybridized carbons (Fsp3) is 0.471. The number of anilines is 1. The molecule has 7 heteroatoms. The molecule has 128 valence electrons. The van der Waals surface area contributed by atoms with E-state index < -0.39 is 11.9 Å². The summed E-state index contributed by atoms with van der Waals surface area (Å²) in [4.78, 5) is 39.0. The molecular weight excluding hydrogens is 312 g/mol. The van der Waals surface area contributed by atoms with Gasteiger partial charge in [-0.15, -0.1) is 0 Å². The van der Waals surface area contributed by atoms with E-state index in [1.807, 2.05) is 0 Å². The largest absolute Gasteiger partial charge is 0.482 e. The molecule has 1 saturated carbocycles. The molecule has 1 aliphatic carbocycles. The Hall–Kier alpha value is -2.57. The van der Waals surface area contributed by atoms with E-state index in [-0.39, 0.29) is 37.6 Å². The van der Waals surface area contributed by atoms with Crippen LogP contribution in [0.5, 0.6) is 5.75 Å². The molecule has 1 heterocycles. The summed E-state index contributed by atoms with van der Waals surface area (Å²) in [6, 6.07) is 7.17. The summed E-state index contributed by atoms with van der Waals surface area (Å²) in [6.45, 7) is 1.56. The molecule has 1 aromatic rings. The number of carboxylic acids is 1. The second-order valence-corrected chi connectivity index (χ2v) is 6.25. The number of carbonyl (C=O) groups excluding carboxylic acids is 2. The predicted octanol–water partition coefficient (Wildman–Crippen LogP) is 1.12. The number of hydrogen-bond donors (Lipinski definition) is 1. The Kier molecular flexibility index (Phi) is 4.42. The summed E-state index contributed by atoms with van der Waals surface area (Å²) in [5, 5.41) is 9.09. The van der Waals surface area contributed by atoms with Crippen molar-refractivity contribution < 1.29 is 24.2 Å².